The predicted molar refractivity (Wildman–Crippen MR) is 57.0 cm³/mol. The normalized spacial score (nSPS) is 20.8. The number of carboxylic acid groups (broad SMARTS) is 1. The van der Waals surface area contributed by atoms with Gasteiger partial charge >= 0.3 is 5.97 Å². The fourth-order valence-electron chi connectivity index (χ4n) is 1.60. The molecule has 4 N–H and O–H groups in total. The number of aliphatic carboxylic acids is 1. The van der Waals surface area contributed by atoms with Crippen molar-refractivity contribution in [1.29, 1.82) is 0 Å². The molecule has 0 aliphatic carbocycles. The number of ether oxygens (including phenoxy) is 1. The van der Waals surface area contributed by atoms with E-state index in [0.717, 1.165) is 6.42 Å². The first-order chi connectivity index (χ1) is 8.00. The summed E-state index contributed by atoms with van der Waals surface area (Å²) >= 11 is 0. The monoisotopic (exact) mass is 244 g/mol. The average molecular weight is 244 g/mol. The molecule has 17 heavy (non-hydrogen) atoms. The fourth-order valence-corrected chi connectivity index (χ4v) is 1.60. The lowest BCUT2D eigenvalue weighted by Crippen LogP contribution is -2.48. The lowest BCUT2D eigenvalue weighted by atomic mass is 10.1. The molecule has 96 valence electrons. The van der Waals surface area contributed by atoms with Gasteiger partial charge in [0.1, 0.15) is 12.1 Å². The maximum absolute atomic E-state index is 11.6. The summed E-state index contributed by atoms with van der Waals surface area (Å²) in [5.74, 6) is -2.18. The van der Waals surface area contributed by atoms with E-state index in [1.54, 1.807) is 0 Å². The molecule has 0 aromatic carbocycles. The van der Waals surface area contributed by atoms with Crippen LogP contribution in [0.15, 0.2) is 0 Å². The molecule has 7 heteroatoms. The van der Waals surface area contributed by atoms with Crippen molar-refractivity contribution >= 4 is 17.8 Å². The molecule has 1 fully saturated rings. The molecular formula is C10H16N2O5. The zero-order chi connectivity index (χ0) is 12.8. The Morgan fingerprint density at radius 1 is 1.47 bits per heavy atom. The van der Waals surface area contributed by atoms with Gasteiger partial charge in [0.15, 0.2) is 0 Å². The van der Waals surface area contributed by atoms with Gasteiger partial charge in [0.25, 0.3) is 0 Å². The highest BCUT2D eigenvalue weighted by molar-refractivity contribution is 5.88. The Morgan fingerprint density at radius 3 is 2.65 bits per heavy atom. The Morgan fingerprint density at radius 2 is 2.18 bits per heavy atom. The van der Waals surface area contributed by atoms with E-state index in [0.29, 0.717) is 13.0 Å². The first-order valence-electron chi connectivity index (χ1n) is 5.44. The van der Waals surface area contributed by atoms with Crippen LogP contribution in [0.25, 0.3) is 0 Å². The van der Waals surface area contributed by atoms with Gasteiger partial charge in [-0.2, -0.15) is 0 Å². The maximum Gasteiger partial charge on any atom is 0.303 e. The molecule has 1 rings (SSSR count). The quantitative estimate of drug-likeness (QED) is 0.553. The van der Waals surface area contributed by atoms with Gasteiger partial charge in [-0.15, -0.1) is 0 Å². The summed E-state index contributed by atoms with van der Waals surface area (Å²) in [6.07, 6.45) is 0.620. The first-order valence-corrected chi connectivity index (χ1v) is 5.44. The van der Waals surface area contributed by atoms with Crippen LogP contribution >= 0.6 is 0 Å². The smallest absolute Gasteiger partial charge is 0.303 e. The molecular weight excluding hydrogens is 228 g/mol. The molecule has 1 aliphatic heterocycles. The summed E-state index contributed by atoms with van der Waals surface area (Å²) in [6.45, 7) is 0.522. The lowest BCUT2D eigenvalue weighted by Gasteiger charge is -2.17. The highest BCUT2D eigenvalue weighted by Crippen LogP contribution is 2.12. The summed E-state index contributed by atoms with van der Waals surface area (Å²) in [6, 6.07) is -0.956. The van der Waals surface area contributed by atoms with Crippen molar-refractivity contribution in [3.8, 4) is 0 Å². The molecule has 0 aromatic rings. The van der Waals surface area contributed by atoms with Gasteiger partial charge in [-0.1, -0.05) is 0 Å². The molecule has 0 spiro atoms. The number of rotatable bonds is 6. The number of nitrogens with one attached hydrogen (secondary N) is 1. The van der Waals surface area contributed by atoms with Crippen molar-refractivity contribution in [2.24, 2.45) is 5.73 Å². The molecule has 7 nitrogen and oxygen atoms in total. The fraction of sp³-hybridized carbons (Fsp3) is 0.700. The zero-order valence-electron chi connectivity index (χ0n) is 9.35. The van der Waals surface area contributed by atoms with Gasteiger partial charge in [-0.25, -0.2) is 0 Å². The van der Waals surface area contributed by atoms with Crippen LogP contribution < -0.4 is 11.1 Å². The van der Waals surface area contributed by atoms with Crippen molar-refractivity contribution in [3.05, 3.63) is 0 Å². The number of carboxylic acids is 1. The van der Waals surface area contributed by atoms with Crippen LogP contribution in [0.3, 0.4) is 0 Å². The molecule has 0 radical (unpaired) electrons. The van der Waals surface area contributed by atoms with E-state index in [1.807, 2.05) is 0 Å². The van der Waals surface area contributed by atoms with Gasteiger partial charge in [-0.05, 0) is 19.3 Å². The highest BCUT2D eigenvalue weighted by atomic mass is 16.5. The van der Waals surface area contributed by atoms with Crippen LogP contribution in [0.5, 0.6) is 0 Å². The largest absolute Gasteiger partial charge is 0.481 e. The summed E-state index contributed by atoms with van der Waals surface area (Å²) in [7, 11) is 0. The molecule has 1 aliphatic rings. The summed E-state index contributed by atoms with van der Waals surface area (Å²) in [4.78, 5) is 33.0. The Kier molecular flexibility index (Phi) is 4.89. The number of primary amides is 1. The summed E-state index contributed by atoms with van der Waals surface area (Å²) < 4.78 is 5.14. The second kappa shape index (κ2) is 6.19. The van der Waals surface area contributed by atoms with E-state index in [1.165, 1.54) is 0 Å². The average Bonchev–Trinajstić information content (AvgIpc) is 2.76. The summed E-state index contributed by atoms with van der Waals surface area (Å²) in [5.41, 5.74) is 5.08. The Bertz CT molecular complexity index is 312. The van der Waals surface area contributed by atoms with E-state index in [-0.39, 0.29) is 12.8 Å². The lowest BCUT2D eigenvalue weighted by molar-refractivity contribution is -0.138. The van der Waals surface area contributed by atoms with Crippen molar-refractivity contribution in [2.75, 3.05) is 6.61 Å². The van der Waals surface area contributed by atoms with Crippen LogP contribution in [-0.2, 0) is 19.1 Å². The van der Waals surface area contributed by atoms with E-state index >= 15 is 0 Å². The number of carbonyl (C=O) groups excluding carboxylic acids is 2. The van der Waals surface area contributed by atoms with Crippen molar-refractivity contribution in [3.63, 3.8) is 0 Å². The van der Waals surface area contributed by atoms with Gasteiger partial charge in [0.2, 0.25) is 11.8 Å². The van der Waals surface area contributed by atoms with Crippen LogP contribution in [0, 0.1) is 0 Å². The second-order valence-electron chi connectivity index (χ2n) is 3.90. The van der Waals surface area contributed by atoms with E-state index in [2.05, 4.69) is 5.32 Å². The van der Waals surface area contributed by atoms with Gasteiger partial charge in [-0.3, -0.25) is 14.4 Å². The van der Waals surface area contributed by atoms with Crippen LogP contribution in [0.4, 0.5) is 0 Å². The van der Waals surface area contributed by atoms with Crippen LogP contribution in [0.1, 0.15) is 25.7 Å². The van der Waals surface area contributed by atoms with Crippen molar-refractivity contribution in [1.82, 2.24) is 5.32 Å². The van der Waals surface area contributed by atoms with E-state index < -0.39 is 29.9 Å². The van der Waals surface area contributed by atoms with Gasteiger partial charge < -0.3 is 20.9 Å². The van der Waals surface area contributed by atoms with E-state index in [4.69, 9.17) is 15.6 Å². The standard InChI is InChI=1S/C10H16N2O5/c11-9(15)6(3-4-8(13)14)12-10(16)7-2-1-5-17-7/h6-7H,1-5H2,(H2,11,15)(H,12,16)(H,13,14)/t6-,7+/m1/s1. The van der Waals surface area contributed by atoms with Crippen LogP contribution in [0.2, 0.25) is 0 Å². The number of hydrogen-bond donors (Lipinski definition) is 3. The number of amides is 2. The zero-order valence-corrected chi connectivity index (χ0v) is 9.35. The van der Waals surface area contributed by atoms with Crippen LogP contribution in [-0.4, -0.2) is 41.6 Å². The molecule has 2 atom stereocenters. The Labute approximate surface area is 98.3 Å². The molecule has 1 saturated heterocycles. The molecule has 0 unspecified atom stereocenters. The second-order valence-corrected chi connectivity index (χ2v) is 3.90. The highest BCUT2D eigenvalue weighted by Gasteiger charge is 2.27. The molecule has 0 saturated carbocycles. The molecule has 1 heterocycles. The maximum atomic E-state index is 11.6. The third kappa shape index (κ3) is 4.39. The Balaban J connectivity index is 2.44. The third-order valence-corrected chi connectivity index (χ3v) is 2.53. The number of carbonyl (C=O) groups is 3. The topological polar surface area (TPSA) is 119 Å². The Hall–Kier alpha value is -1.63. The first kappa shape index (κ1) is 13.4. The minimum absolute atomic E-state index is 0.0108. The van der Waals surface area contributed by atoms with Gasteiger partial charge in [0, 0.05) is 13.0 Å². The number of nitrogens with two attached hydrogens (primary N) is 1. The van der Waals surface area contributed by atoms with Crippen molar-refractivity contribution in [2.45, 2.75) is 37.8 Å². The minimum atomic E-state index is -1.04. The van der Waals surface area contributed by atoms with Crippen molar-refractivity contribution < 1.29 is 24.2 Å². The van der Waals surface area contributed by atoms with Gasteiger partial charge in [0.05, 0.1) is 0 Å². The SMILES string of the molecule is NC(=O)[C@@H](CCC(=O)O)NC(=O)[C@@H]1CCCO1. The molecule has 0 bridgehead atoms. The summed E-state index contributed by atoms with van der Waals surface area (Å²) in [5, 5.41) is 10.9. The third-order valence-electron chi connectivity index (χ3n) is 2.53. The molecule has 0 aromatic heterocycles. The van der Waals surface area contributed by atoms with E-state index in [9.17, 15) is 14.4 Å². The predicted octanol–water partition coefficient (Wildman–Crippen LogP) is -1.000. The minimum Gasteiger partial charge on any atom is -0.481 e. The number of hydrogen-bond acceptors (Lipinski definition) is 4. The molecule has 2 amide bonds.